The largest absolute Gasteiger partial charge is 0.493 e. The number of benzene rings is 3. The summed E-state index contributed by atoms with van der Waals surface area (Å²) >= 11 is 0. The second kappa shape index (κ2) is 8.95. The quantitative estimate of drug-likeness (QED) is 0.353. The molecule has 0 spiro atoms. The molecule has 0 unspecified atom stereocenters. The van der Waals surface area contributed by atoms with Crippen LogP contribution in [0.2, 0.25) is 0 Å². The van der Waals surface area contributed by atoms with Gasteiger partial charge in [-0.2, -0.15) is 0 Å². The number of fused-ring (bicyclic) bond motifs is 1. The number of rotatable bonds is 8. The molecule has 0 fully saturated rings. The van der Waals surface area contributed by atoms with Crippen LogP contribution in [0.3, 0.4) is 0 Å². The molecule has 0 bridgehead atoms. The topological polar surface area (TPSA) is 27.1 Å². The van der Waals surface area contributed by atoms with Crippen LogP contribution in [0.25, 0.3) is 11.0 Å². The normalized spacial score (nSPS) is 11.1. The molecule has 3 heteroatoms. The van der Waals surface area contributed by atoms with Gasteiger partial charge in [-0.05, 0) is 56.0 Å². The number of hydrogen-bond donors (Lipinski definition) is 0. The van der Waals surface area contributed by atoms with Crippen molar-refractivity contribution in [3.05, 3.63) is 95.3 Å². The van der Waals surface area contributed by atoms with E-state index in [1.165, 1.54) is 22.2 Å². The highest BCUT2D eigenvalue weighted by Gasteiger charge is 2.10. The first-order valence-electron chi connectivity index (χ1n) is 10.4. The number of aryl methyl sites for hydroxylation is 5. The van der Waals surface area contributed by atoms with E-state index in [4.69, 9.17) is 9.72 Å². The Bertz CT molecular complexity index is 1080. The molecule has 148 valence electrons. The molecule has 4 aromatic rings. The molecule has 0 radical (unpaired) electrons. The number of nitrogens with zero attached hydrogens (tertiary/aromatic N) is 2. The van der Waals surface area contributed by atoms with E-state index < -0.39 is 0 Å². The Morgan fingerprint density at radius 1 is 0.862 bits per heavy atom. The Morgan fingerprint density at radius 3 is 2.48 bits per heavy atom. The third-order valence-electron chi connectivity index (χ3n) is 5.33. The van der Waals surface area contributed by atoms with Crippen molar-refractivity contribution in [2.75, 3.05) is 6.61 Å². The fraction of sp³-hybridized carbons (Fsp3) is 0.269. The Hall–Kier alpha value is -3.07. The predicted molar refractivity (Wildman–Crippen MR) is 120 cm³/mol. The van der Waals surface area contributed by atoms with E-state index in [0.717, 1.165) is 42.9 Å². The summed E-state index contributed by atoms with van der Waals surface area (Å²) in [5.41, 5.74) is 6.10. The number of hydrogen-bond acceptors (Lipinski definition) is 2. The van der Waals surface area contributed by atoms with Gasteiger partial charge >= 0.3 is 0 Å². The average molecular weight is 385 g/mol. The summed E-state index contributed by atoms with van der Waals surface area (Å²) in [6.07, 6.45) is 2.89. The fourth-order valence-corrected chi connectivity index (χ4v) is 3.83. The van der Waals surface area contributed by atoms with Crippen LogP contribution in [0.15, 0.2) is 72.8 Å². The smallest absolute Gasteiger partial charge is 0.122 e. The Kier molecular flexibility index (Phi) is 5.95. The Morgan fingerprint density at radius 2 is 1.66 bits per heavy atom. The van der Waals surface area contributed by atoms with Crippen molar-refractivity contribution >= 4 is 11.0 Å². The van der Waals surface area contributed by atoms with Gasteiger partial charge in [0, 0.05) is 13.0 Å². The monoisotopic (exact) mass is 384 g/mol. The zero-order chi connectivity index (χ0) is 20.1. The number of ether oxygens (including phenoxy) is 1. The first-order valence-corrected chi connectivity index (χ1v) is 10.4. The van der Waals surface area contributed by atoms with Crippen LogP contribution in [0.5, 0.6) is 5.75 Å². The lowest BCUT2D eigenvalue weighted by Crippen LogP contribution is -2.09. The third-order valence-corrected chi connectivity index (χ3v) is 5.33. The van der Waals surface area contributed by atoms with E-state index in [9.17, 15) is 0 Å². The van der Waals surface area contributed by atoms with Gasteiger partial charge in [0.25, 0.3) is 0 Å². The number of imidazole rings is 1. The van der Waals surface area contributed by atoms with E-state index in [1.54, 1.807) is 0 Å². The minimum Gasteiger partial charge on any atom is -0.493 e. The van der Waals surface area contributed by atoms with Crippen molar-refractivity contribution in [1.29, 1.82) is 0 Å². The lowest BCUT2D eigenvalue weighted by Gasteiger charge is -2.12. The molecule has 0 aliphatic carbocycles. The van der Waals surface area contributed by atoms with Crippen LogP contribution < -0.4 is 4.74 Å². The molecular formula is C26H28N2O. The number of aromatic nitrogens is 2. The second-order valence-corrected chi connectivity index (χ2v) is 7.62. The maximum Gasteiger partial charge on any atom is 0.122 e. The third kappa shape index (κ3) is 4.68. The standard InChI is InChI=1S/C26H28N2O/c1-20-13-15-25(21(2)19-20)29-18-8-17-28-24-12-7-6-11-23(24)27-26(28)16-14-22-9-4-3-5-10-22/h3-7,9-13,15,19H,8,14,16-18H2,1-2H3. The van der Waals surface area contributed by atoms with Crippen LogP contribution >= 0.6 is 0 Å². The maximum atomic E-state index is 6.04. The summed E-state index contributed by atoms with van der Waals surface area (Å²) in [4.78, 5) is 4.91. The molecule has 29 heavy (non-hydrogen) atoms. The zero-order valence-electron chi connectivity index (χ0n) is 17.3. The van der Waals surface area contributed by atoms with E-state index in [0.29, 0.717) is 6.61 Å². The van der Waals surface area contributed by atoms with Crippen molar-refractivity contribution < 1.29 is 4.74 Å². The van der Waals surface area contributed by atoms with E-state index in [2.05, 4.69) is 91.2 Å². The lowest BCUT2D eigenvalue weighted by molar-refractivity contribution is 0.300. The molecule has 4 rings (SSSR count). The first kappa shape index (κ1) is 19.3. The molecule has 1 aromatic heterocycles. The van der Waals surface area contributed by atoms with Crippen molar-refractivity contribution in [1.82, 2.24) is 9.55 Å². The SMILES string of the molecule is Cc1ccc(OCCCn2c(CCc3ccccc3)nc3ccccc32)c(C)c1. The van der Waals surface area contributed by atoms with Gasteiger partial charge in [0.1, 0.15) is 11.6 Å². The molecule has 3 nitrogen and oxygen atoms in total. The van der Waals surface area contributed by atoms with Gasteiger partial charge in [-0.1, -0.05) is 60.2 Å². The zero-order valence-corrected chi connectivity index (χ0v) is 17.3. The van der Waals surface area contributed by atoms with Crippen molar-refractivity contribution in [3.8, 4) is 5.75 Å². The Labute approximate surface area is 173 Å². The summed E-state index contributed by atoms with van der Waals surface area (Å²) < 4.78 is 8.40. The van der Waals surface area contributed by atoms with Crippen LogP contribution in [-0.4, -0.2) is 16.2 Å². The molecule has 0 saturated carbocycles. The minimum atomic E-state index is 0.703. The summed E-state index contributed by atoms with van der Waals surface area (Å²) in [6, 6.07) is 25.4. The Balaban J connectivity index is 1.44. The van der Waals surface area contributed by atoms with Gasteiger partial charge in [-0.25, -0.2) is 4.98 Å². The van der Waals surface area contributed by atoms with Crippen molar-refractivity contribution in [3.63, 3.8) is 0 Å². The molecule has 0 aliphatic heterocycles. The van der Waals surface area contributed by atoms with Gasteiger partial charge in [0.05, 0.1) is 17.6 Å². The van der Waals surface area contributed by atoms with Gasteiger partial charge < -0.3 is 9.30 Å². The van der Waals surface area contributed by atoms with Crippen molar-refractivity contribution in [2.45, 2.75) is 39.7 Å². The van der Waals surface area contributed by atoms with Gasteiger partial charge in [-0.3, -0.25) is 0 Å². The molecule has 0 atom stereocenters. The summed E-state index contributed by atoms with van der Waals surface area (Å²) in [5, 5.41) is 0. The summed E-state index contributed by atoms with van der Waals surface area (Å²) in [7, 11) is 0. The lowest BCUT2D eigenvalue weighted by atomic mass is 10.1. The van der Waals surface area contributed by atoms with Crippen molar-refractivity contribution in [2.24, 2.45) is 0 Å². The van der Waals surface area contributed by atoms with Crippen LogP contribution in [-0.2, 0) is 19.4 Å². The fourth-order valence-electron chi connectivity index (χ4n) is 3.83. The van der Waals surface area contributed by atoms with Gasteiger partial charge in [-0.15, -0.1) is 0 Å². The highest BCUT2D eigenvalue weighted by molar-refractivity contribution is 5.75. The molecular weight excluding hydrogens is 356 g/mol. The minimum absolute atomic E-state index is 0.703. The van der Waals surface area contributed by atoms with Gasteiger partial charge in [0.15, 0.2) is 0 Å². The summed E-state index contributed by atoms with van der Waals surface area (Å²) in [5.74, 6) is 2.14. The average Bonchev–Trinajstić information content (AvgIpc) is 3.09. The van der Waals surface area contributed by atoms with Gasteiger partial charge in [0.2, 0.25) is 0 Å². The first-order chi connectivity index (χ1) is 14.2. The second-order valence-electron chi connectivity index (χ2n) is 7.62. The molecule has 0 amide bonds. The van der Waals surface area contributed by atoms with E-state index in [1.807, 2.05) is 0 Å². The molecule has 1 heterocycles. The van der Waals surface area contributed by atoms with Crippen LogP contribution in [0.4, 0.5) is 0 Å². The van der Waals surface area contributed by atoms with Crippen LogP contribution in [0.1, 0.15) is 28.9 Å². The summed E-state index contributed by atoms with van der Waals surface area (Å²) in [6.45, 7) is 5.83. The number of para-hydroxylation sites is 2. The molecule has 0 N–H and O–H groups in total. The van der Waals surface area contributed by atoms with Crippen LogP contribution in [0, 0.1) is 13.8 Å². The molecule has 0 saturated heterocycles. The van der Waals surface area contributed by atoms with E-state index >= 15 is 0 Å². The molecule has 0 aliphatic rings. The maximum absolute atomic E-state index is 6.04. The highest BCUT2D eigenvalue weighted by atomic mass is 16.5. The van der Waals surface area contributed by atoms with E-state index in [-0.39, 0.29) is 0 Å². The highest BCUT2D eigenvalue weighted by Crippen LogP contribution is 2.20. The predicted octanol–water partition coefficient (Wildman–Crippen LogP) is 5.91. The molecule has 3 aromatic carbocycles.